The van der Waals surface area contributed by atoms with Gasteiger partial charge in [-0.2, -0.15) is 0 Å². The molecule has 0 aliphatic heterocycles. The first-order chi connectivity index (χ1) is 12.6. The van der Waals surface area contributed by atoms with E-state index in [1.807, 2.05) is 57.2 Å². The van der Waals surface area contributed by atoms with Gasteiger partial charge in [0.1, 0.15) is 5.75 Å². The first-order valence-corrected chi connectivity index (χ1v) is 8.90. The summed E-state index contributed by atoms with van der Waals surface area (Å²) in [6.45, 7) is 7.53. The Kier molecular flexibility index (Phi) is 7.33. The molecule has 5 heteroatoms. The number of carbonyl (C=O) groups is 1. The van der Waals surface area contributed by atoms with Crippen LogP contribution >= 0.6 is 0 Å². The standard InChI is InChI=1S/C21H27NO4/c1-5-25-19-10-8-16(14-20(19)26-6-2)11-12-22-21(23)17-13-15(3)7-9-18(17)24-4/h7-10,13-14H,5-6,11-12H2,1-4H3,(H,22,23). The molecule has 140 valence electrons. The highest BCUT2D eigenvalue weighted by Gasteiger charge is 2.12. The zero-order chi connectivity index (χ0) is 18.9. The lowest BCUT2D eigenvalue weighted by Gasteiger charge is -2.13. The summed E-state index contributed by atoms with van der Waals surface area (Å²) in [5.74, 6) is 1.92. The van der Waals surface area contributed by atoms with E-state index in [9.17, 15) is 4.79 Å². The molecule has 0 fully saturated rings. The van der Waals surface area contributed by atoms with E-state index in [1.165, 1.54) is 0 Å². The Morgan fingerprint density at radius 3 is 2.35 bits per heavy atom. The molecule has 0 saturated carbocycles. The van der Waals surface area contributed by atoms with E-state index in [2.05, 4.69) is 5.32 Å². The zero-order valence-corrected chi connectivity index (χ0v) is 15.9. The number of nitrogens with one attached hydrogen (secondary N) is 1. The van der Waals surface area contributed by atoms with Gasteiger partial charge < -0.3 is 19.5 Å². The van der Waals surface area contributed by atoms with Crippen LogP contribution < -0.4 is 19.5 Å². The van der Waals surface area contributed by atoms with Crippen molar-refractivity contribution in [1.82, 2.24) is 5.32 Å². The van der Waals surface area contributed by atoms with Crippen molar-refractivity contribution in [1.29, 1.82) is 0 Å². The van der Waals surface area contributed by atoms with Gasteiger partial charge in [-0.1, -0.05) is 17.7 Å². The number of aryl methyl sites for hydroxylation is 1. The van der Waals surface area contributed by atoms with E-state index in [4.69, 9.17) is 14.2 Å². The second-order valence-electron chi connectivity index (χ2n) is 5.86. The molecule has 0 aromatic heterocycles. The van der Waals surface area contributed by atoms with Crippen molar-refractivity contribution in [2.75, 3.05) is 26.9 Å². The van der Waals surface area contributed by atoms with E-state index in [-0.39, 0.29) is 5.91 Å². The van der Waals surface area contributed by atoms with Gasteiger partial charge in [-0.05, 0) is 57.0 Å². The van der Waals surface area contributed by atoms with E-state index < -0.39 is 0 Å². The molecule has 26 heavy (non-hydrogen) atoms. The predicted molar refractivity (Wildman–Crippen MR) is 103 cm³/mol. The molecule has 0 atom stereocenters. The Morgan fingerprint density at radius 1 is 0.962 bits per heavy atom. The van der Waals surface area contributed by atoms with Crippen LogP contribution in [-0.2, 0) is 6.42 Å². The first kappa shape index (κ1) is 19.6. The maximum Gasteiger partial charge on any atom is 0.255 e. The second-order valence-corrected chi connectivity index (χ2v) is 5.86. The molecule has 0 aliphatic carbocycles. The van der Waals surface area contributed by atoms with E-state index in [0.29, 0.717) is 37.5 Å². The summed E-state index contributed by atoms with van der Waals surface area (Å²) in [4.78, 5) is 12.4. The average molecular weight is 357 g/mol. The summed E-state index contributed by atoms with van der Waals surface area (Å²) in [5.41, 5.74) is 2.64. The summed E-state index contributed by atoms with van der Waals surface area (Å²) < 4.78 is 16.5. The SMILES string of the molecule is CCOc1ccc(CCNC(=O)c2cc(C)ccc2OC)cc1OCC. The highest BCUT2D eigenvalue weighted by molar-refractivity contribution is 5.97. The minimum absolute atomic E-state index is 0.137. The topological polar surface area (TPSA) is 56.8 Å². The van der Waals surface area contributed by atoms with Crippen LogP contribution in [0.4, 0.5) is 0 Å². The number of ether oxygens (including phenoxy) is 3. The maximum atomic E-state index is 12.4. The van der Waals surface area contributed by atoms with Crippen molar-refractivity contribution in [2.24, 2.45) is 0 Å². The van der Waals surface area contributed by atoms with Gasteiger partial charge in [0, 0.05) is 6.54 Å². The van der Waals surface area contributed by atoms with Crippen molar-refractivity contribution in [3.05, 3.63) is 53.1 Å². The average Bonchev–Trinajstić information content (AvgIpc) is 2.64. The fourth-order valence-electron chi connectivity index (χ4n) is 2.67. The molecule has 1 N–H and O–H groups in total. The molecule has 0 bridgehead atoms. The molecule has 0 heterocycles. The third-order valence-electron chi connectivity index (χ3n) is 3.91. The molecule has 0 saturated heterocycles. The lowest BCUT2D eigenvalue weighted by atomic mass is 10.1. The van der Waals surface area contributed by atoms with Crippen LogP contribution in [-0.4, -0.2) is 32.8 Å². The third-order valence-corrected chi connectivity index (χ3v) is 3.91. The summed E-state index contributed by atoms with van der Waals surface area (Å²) in [5, 5.41) is 2.95. The number of hydrogen-bond donors (Lipinski definition) is 1. The lowest BCUT2D eigenvalue weighted by molar-refractivity contribution is 0.0951. The van der Waals surface area contributed by atoms with Crippen LogP contribution in [0.3, 0.4) is 0 Å². The van der Waals surface area contributed by atoms with Gasteiger partial charge in [0.25, 0.3) is 5.91 Å². The molecule has 1 amide bonds. The number of rotatable bonds is 9. The second kappa shape index (κ2) is 9.70. The zero-order valence-electron chi connectivity index (χ0n) is 15.9. The number of hydrogen-bond acceptors (Lipinski definition) is 4. The summed E-state index contributed by atoms with van der Waals surface area (Å²) in [7, 11) is 1.57. The molecular weight excluding hydrogens is 330 g/mol. The maximum absolute atomic E-state index is 12.4. The Hall–Kier alpha value is -2.69. The Morgan fingerprint density at radius 2 is 1.65 bits per heavy atom. The number of methoxy groups -OCH3 is 1. The molecule has 0 unspecified atom stereocenters. The van der Waals surface area contributed by atoms with Crippen LogP contribution in [0.25, 0.3) is 0 Å². The molecule has 0 aliphatic rings. The quantitative estimate of drug-likeness (QED) is 0.742. The van der Waals surface area contributed by atoms with Crippen LogP contribution in [0.2, 0.25) is 0 Å². The Labute approximate surface area is 155 Å². The minimum atomic E-state index is -0.137. The highest BCUT2D eigenvalue weighted by atomic mass is 16.5. The smallest absolute Gasteiger partial charge is 0.255 e. The van der Waals surface area contributed by atoms with Gasteiger partial charge in [-0.25, -0.2) is 0 Å². The van der Waals surface area contributed by atoms with Crippen molar-refractivity contribution >= 4 is 5.91 Å². The third kappa shape index (κ3) is 5.15. The van der Waals surface area contributed by atoms with E-state index >= 15 is 0 Å². The number of amides is 1. The van der Waals surface area contributed by atoms with Crippen LogP contribution in [0.15, 0.2) is 36.4 Å². The largest absolute Gasteiger partial charge is 0.496 e. The van der Waals surface area contributed by atoms with Gasteiger partial charge in [-0.15, -0.1) is 0 Å². The fraction of sp³-hybridized carbons (Fsp3) is 0.381. The van der Waals surface area contributed by atoms with Crippen LogP contribution in [0.1, 0.15) is 35.3 Å². The van der Waals surface area contributed by atoms with Crippen molar-refractivity contribution in [3.63, 3.8) is 0 Å². The van der Waals surface area contributed by atoms with Gasteiger partial charge in [0.05, 0.1) is 25.9 Å². The molecular formula is C21H27NO4. The molecule has 5 nitrogen and oxygen atoms in total. The highest BCUT2D eigenvalue weighted by Crippen LogP contribution is 2.28. The molecule has 2 aromatic rings. The summed E-state index contributed by atoms with van der Waals surface area (Å²) >= 11 is 0. The molecule has 0 radical (unpaired) electrons. The van der Waals surface area contributed by atoms with Crippen molar-refractivity contribution in [3.8, 4) is 17.2 Å². The normalized spacial score (nSPS) is 10.3. The number of benzene rings is 2. The Balaban J connectivity index is 2.00. The molecule has 2 aromatic carbocycles. The molecule has 0 spiro atoms. The van der Waals surface area contributed by atoms with Crippen LogP contribution in [0.5, 0.6) is 17.2 Å². The minimum Gasteiger partial charge on any atom is -0.496 e. The molecule has 2 rings (SSSR count). The van der Waals surface area contributed by atoms with Gasteiger partial charge in [0.15, 0.2) is 11.5 Å². The van der Waals surface area contributed by atoms with E-state index in [1.54, 1.807) is 7.11 Å². The van der Waals surface area contributed by atoms with Gasteiger partial charge in [-0.3, -0.25) is 4.79 Å². The first-order valence-electron chi connectivity index (χ1n) is 8.90. The van der Waals surface area contributed by atoms with E-state index in [0.717, 1.165) is 22.6 Å². The van der Waals surface area contributed by atoms with Crippen LogP contribution in [0, 0.1) is 6.92 Å². The monoisotopic (exact) mass is 357 g/mol. The van der Waals surface area contributed by atoms with Crippen molar-refractivity contribution in [2.45, 2.75) is 27.2 Å². The summed E-state index contributed by atoms with van der Waals surface area (Å²) in [6.07, 6.45) is 0.701. The van der Waals surface area contributed by atoms with Crippen molar-refractivity contribution < 1.29 is 19.0 Å². The predicted octanol–water partition coefficient (Wildman–Crippen LogP) is 3.77. The summed E-state index contributed by atoms with van der Waals surface area (Å²) in [6, 6.07) is 11.4. The van der Waals surface area contributed by atoms with Gasteiger partial charge in [0.2, 0.25) is 0 Å². The lowest BCUT2D eigenvalue weighted by Crippen LogP contribution is -2.26. The number of carbonyl (C=O) groups excluding carboxylic acids is 1. The van der Waals surface area contributed by atoms with Gasteiger partial charge >= 0.3 is 0 Å². The Bertz CT molecular complexity index is 743. The fourth-order valence-corrected chi connectivity index (χ4v) is 2.67.